The van der Waals surface area contributed by atoms with Crippen molar-refractivity contribution in [2.75, 3.05) is 5.32 Å². The SMILES string of the molecule is O=C1Nc2ccccc2CC[C@@H]1c1ccc(Br)cc1. The number of amides is 1. The summed E-state index contributed by atoms with van der Waals surface area (Å²) in [5.41, 5.74) is 3.25. The van der Waals surface area contributed by atoms with Gasteiger partial charge >= 0.3 is 0 Å². The van der Waals surface area contributed by atoms with Gasteiger partial charge < -0.3 is 5.32 Å². The van der Waals surface area contributed by atoms with E-state index in [0.717, 1.165) is 28.6 Å². The van der Waals surface area contributed by atoms with E-state index in [-0.39, 0.29) is 11.8 Å². The van der Waals surface area contributed by atoms with Crippen LogP contribution in [0.15, 0.2) is 53.0 Å². The van der Waals surface area contributed by atoms with Crippen LogP contribution in [0.25, 0.3) is 0 Å². The first-order valence-electron chi connectivity index (χ1n) is 6.38. The van der Waals surface area contributed by atoms with Gasteiger partial charge in [0.25, 0.3) is 0 Å². The second-order valence-corrected chi connectivity index (χ2v) is 5.70. The summed E-state index contributed by atoms with van der Waals surface area (Å²) in [6.45, 7) is 0. The predicted molar refractivity (Wildman–Crippen MR) is 80.3 cm³/mol. The number of nitrogens with one attached hydrogen (secondary N) is 1. The van der Waals surface area contributed by atoms with E-state index in [1.54, 1.807) is 0 Å². The van der Waals surface area contributed by atoms with Gasteiger partial charge in [-0.3, -0.25) is 4.79 Å². The van der Waals surface area contributed by atoms with E-state index in [4.69, 9.17) is 0 Å². The molecule has 1 atom stereocenters. The number of carbonyl (C=O) groups is 1. The summed E-state index contributed by atoms with van der Waals surface area (Å²) in [5, 5.41) is 3.03. The van der Waals surface area contributed by atoms with Gasteiger partial charge in [-0.2, -0.15) is 0 Å². The summed E-state index contributed by atoms with van der Waals surface area (Å²) in [6, 6.07) is 16.0. The zero-order valence-corrected chi connectivity index (χ0v) is 12.0. The largest absolute Gasteiger partial charge is 0.325 e. The number of benzene rings is 2. The molecule has 0 spiro atoms. The number of hydrogen-bond donors (Lipinski definition) is 1. The van der Waals surface area contributed by atoms with E-state index in [2.05, 4.69) is 27.3 Å². The van der Waals surface area contributed by atoms with Crippen LogP contribution in [0.3, 0.4) is 0 Å². The molecule has 2 nitrogen and oxygen atoms in total. The van der Waals surface area contributed by atoms with Crippen molar-refractivity contribution in [1.82, 2.24) is 0 Å². The van der Waals surface area contributed by atoms with Crippen molar-refractivity contribution in [3.8, 4) is 0 Å². The average Bonchev–Trinajstić information content (AvgIpc) is 2.58. The maximum atomic E-state index is 12.3. The minimum absolute atomic E-state index is 0.0690. The number of rotatable bonds is 1. The zero-order chi connectivity index (χ0) is 13.2. The van der Waals surface area contributed by atoms with Gasteiger partial charge in [-0.25, -0.2) is 0 Å². The Hall–Kier alpha value is -1.61. The molecule has 3 rings (SSSR count). The minimum Gasteiger partial charge on any atom is -0.325 e. The topological polar surface area (TPSA) is 29.1 Å². The first kappa shape index (κ1) is 12.4. The van der Waals surface area contributed by atoms with Crippen LogP contribution < -0.4 is 5.32 Å². The van der Waals surface area contributed by atoms with Gasteiger partial charge in [0, 0.05) is 10.2 Å². The van der Waals surface area contributed by atoms with Gasteiger partial charge in [-0.1, -0.05) is 46.3 Å². The maximum absolute atomic E-state index is 12.3. The van der Waals surface area contributed by atoms with Crippen LogP contribution in [0, 0.1) is 0 Å². The normalized spacial score (nSPS) is 18.4. The molecule has 3 heteroatoms. The number of carbonyl (C=O) groups excluding carboxylic acids is 1. The van der Waals surface area contributed by atoms with Crippen LogP contribution in [0.2, 0.25) is 0 Å². The van der Waals surface area contributed by atoms with Crippen LogP contribution in [0.1, 0.15) is 23.5 Å². The molecule has 0 aromatic heterocycles. The lowest BCUT2D eigenvalue weighted by Gasteiger charge is -2.13. The molecule has 1 aliphatic heterocycles. The molecule has 0 saturated heterocycles. The second-order valence-electron chi connectivity index (χ2n) is 4.79. The highest BCUT2D eigenvalue weighted by atomic mass is 79.9. The van der Waals surface area contributed by atoms with E-state index in [0.29, 0.717) is 0 Å². The van der Waals surface area contributed by atoms with E-state index < -0.39 is 0 Å². The maximum Gasteiger partial charge on any atom is 0.231 e. The van der Waals surface area contributed by atoms with E-state index >= 15 is 0 Å². The van der Waals surface area contributed by atoms with Crippen molar-refractivity contribution in [3.63, 3.8) is 0 Å². The van der Waals surface area contributed by atoms with Crippen LogP contribution in [0.5, 0.6) is 0 Å². The highest BCUT2D eigenvalue weighted by Gasteiger charge is 2.24. The molecule has 1 aliphatic rings. The third-order valence-electron chi connectivity index (χ3n) is 3.57. The molecule has 0 fully saturated rings. The summed E-state index contributed by atoms with van der Waals surface area (Å²) in [4.78, 5) is 12.3. The number of halogens is 1. The average molecular weight is 316 g/mol. The number of anilines is 1. The summed E-state index contributed by atoms with van der Waals surface area (Å²) in [5.74, 6) is 0.0211. The van der Waals surface area contributed by atoms with Crippen molar-refractivity contribution >= 4 is 27.5 Å². The Balaban J connectivity index is 1.90. The van der Waals surface area contributed by atoms with Gasteiger partial charge in [-0.05, 0) is 42.2 Å². The molecule has 1 N–H and O–H groups in total. The molecular weight excluding hydrogens is 302 g/mol. The molecule has 1 heterocycles. The van der Waals surface area contributed by atoms with Crippen molar-refractivity contribution < 1.29 is 4.79 Å². The minimum atomic E-state index is -0.0690. The van der Waals surface area contributed by atoms with Crippen LogP contribution >= 0.6 is 15.9 Å². The van der Waals surface area contributed by atoms with Gasteiger partial charge in [0.15, 0.2) is 0 Å². The fraction of sp³-hybridized carbons (Fsp3) is 0.188. The molecule has 96 valence electrons. The summed E-state index contributed by atoms with van der Waals surface area (Å²) in [7, 11) is 0. The monoisotopic (exact) mass is 315 g/mol. The van der Waals surface area contributed by atoms with E-state index in [9.17, 15) is 4.79 Å². The lowest BCUT2D eigenvalue weighted by atomic mass is 9.93. The van der Waals surface area contributed by atoms with Crippen LogP contribution in [0.4, 0.5) is 5.69 Å². The molecule has 19 heavy (non-hydrogen) atoms. The van der Waals surface area contributed by atoms with E-state index in [1.807, 2.05) is 42.5 Å². The molecule has 0 saturated carbocycles. The van der Waals surface area contributed by atoms with Crippen molar-refractivity contribution in [2.45, 2.75) is 18.8 Å². The first-order chi connectivity index (χ1) is 9.24. The van der Waals surface area contributed by atoms with Crippen molar-refractivity contribution in [3.05, 3.63) is 64.1 Å². The number of fused-ring (bicyclic) bond motifs is 1. The van der Waals surface area contributed by atoms with Crippen LogP contribution in [-0.2, 0) is 11.2 Å². The summed E-state index contributed by atoms with van der Waals surface area (Å²) < 4.78 is 1.04. The smallest absolute Gasteiger partial charge is 0.231 e. The molecule has 2 aromatic carbocycles. The van der Waals surface area contributed by atoms with Crippen molar-refractivity contribution in [1.29, 1.82) is 0 Å². The molecule has 2 aromatic rings. The van der Waals surface area contributed by atoms with E-state index in [1.165, 1.54) is 5.56 Å². The molecular formula is C16H14BrNO. The molecule has 0 aliphatic carbocycles. The Kier molecular flexibility index (Phi) is 3.38. The summed E-state index contributed by atoms with van der Waals surface area (Å²) >= 11 is 3.42. The molecule has 0 radical (unpaired) electrons. The fourth-order valence-electron chi connectivity index (χ4n) is 2.52. The number of hydrogen-bond acceptors (Lipinski definition) is 1. The predicted octanol–water partition coefficient (Wildman–Crippen LogP) is 4.12. The highest BCUT2D eigenvalue weighted by Crippen LogP contribution is 2.30. The Morgan fingerprint density at radius 2 is 1.79 bits per heavy atom. The van der Waals surface area contributed by atoms with Gasteiger partial charge in [0.05, 0.1) is 5.92 Å². The summed E-state index contributed by atoms with van der Waals surface area (Å²) in [6.07, 6.45) is 1.78. The molecule has 0 bridgehead atoms. The fourth-order valence-corrected chi connectivity index (χ4v) is 2.79. The number of para-hydroxylation sites is 1. The van der Waals surface area contributed by atoms with Crippen molar-refractivity contribution in [2.24, 2.45) is 0 Å². The highest BCUT2D eigenvalue weighted by molar-refractivity contribution is 9.10. The quantitative estimate of drug-likeness (QED) is 0.842. The lowest BCUT2D eigenvalue weighted by Crippen LogP contribution is -2.19. The van der Waals surface area contributed by atoms with Gasteiger partial charge in [-0.15, -0.1) is 0 Å². The second kappa shape index (κ2) is 5.17. The Morgan fingerprint density at radius 3 is 2.58 bits per heavy atom. The third-order valence-corrected chi connectivity index (χ3v) is 4.10. The Bertz CT molecular complexity index is 606. The zero-order valence-electron chi connectivity index (χ0n) is 10.4. The third kappa shape index (κ3) is 2.56. The van der Waals surface area contributed by atoms with Crippen LogP contribution in [-0.4, -0.2) is 5.91 Å². The van der Waals surface area contributed by atoms with Gasteiger partial charge in [0.2, 0.25) is 5.91 Å². The first-order valence-corrected chi connectivity index (χ1v) is 7.17. The molecule has 1 amide bonds. The Morgan fingerprint density at radius 1 is 1.05 bits per heavy atom. The number of aryl methyl sites for hydroxylation is 1. The standard InChI is InChI=1S/C16H14BrNO/c17-13-8-5-11(6-9-13)14-10-7-12-3-1-2-4-15(12)18-16(14)19/h1-6,8-9,14H,7,10H2,(H,18,19)/t14-/m1/s1. The lowest BCUT2D eigenvalue weighted by molar-refractivity contribution is -0.117. The van der Waals surface area contributed by atoms with Gasteiger partial charge in [0.1, 0.15) is 0 Å². The molecule has 0 unspecified atom stereocenters. The Labute approximate surface area is 121 Å².